The van der Waals surface area contributed by atoms with Gasteiger partial charge in [-0.2, -0.15) is 4.31 Å². The summed E-state index contributed by atoms with van der Waals surface area (Å²) < 4.78 is 40.7. The molecule has 0 atom stereocenters. The van der Waals surface area contributed by atoms with Crippen LogP contribution in [0.25, 0.3) is 11.1 Å². The normalized spacial score (nSPS) is 15.9. The second-order valence-corrected chi connectivity index (χ2v) is 9.16. The molecule has 0 aliphatic heterocycles. The summed E-state index contributed by atoms with van der Waals surface area (Å²) in [5, 5.41) is 18.9. The van der Waals surface area contributed by atoms with Crippen molar-refractivity contribution in [2.75, 3.05) is 6.54 Å². The number of benzene rings is 2. The number of carboxylic acids is 2. The van der Waals surface area contributed by atoms with E-state index in [-0.39, 0.29) is 23.6 Å². The zero-order valence-electron chi connectivity index (χ0n) is 16.1. The first kappa shape index (κ1) is 21.9. The lowest BCUT2D eigenvalue weighted by Gasteiger charge is -2.36. The molecule has 0 amide bonds. The molecule has 0 saturated heterocycles. The van der Waals surface area contributed by atoms with Crippen LogP contribution in [0.4, 0.5) is 4.39 Å². The Balaban J connectivity index is 1.99. The minimum Gasteiger partial charge on any atom is -0.481 e. The van der Waals surface area contributed by atoms with Gasteiger partial charge in [-0.25, -0.2) is 12.8 Å². The summed E-state index contributed by atoms with van der Waals surface area (Å²) in [7, 11) is -4.26. The average molecular weight is 435 g/mol. The number of nitrogens with zero attached hydrogens (tertiary/aromatic N) is 1. The Labute approximate surface area is 173 Å². The van der Waals surface area contributed by atoms with Crippen LogP contribution < -0.4 is 0 Å². The number of hydrogen-bond donors (Lipinski definition) is 2. The van der Waals surface area contributed by atoms with Crippen LogP contribution in [0.2, 0.25) is 0 Å². The van der Waals surface area contributed by atoms with Gasteiger partial charge in [0.2, 0.25) is 10.0 Å². The van der Waals surface area contributed by atoms with Crippen LogP contribution in [0.15, 0.2) is 53.4 Å². The lowest BCUT2D eigenvalue weighted by atomic mass is 9.97. The Morgan fingerprint density at radius 2 is 1.43 bits per heavy atom. The first-order valence-electron chi connectivity index (χ1n) is 9.51. The van der Waals surface area contributed by atoms with Crippen LogP contribution in [0.1, 0.15) is 32.1 Å². The van der Waals surface area contributed by atoms with Gasteiger partial charge in [0.25, 0.3) is 0 Å². The maximum Gasteiger partial charge on any atom is 0.325 e. The molecule has 0 unspecified atom stereocenters. The zero-order valence-corrected chi connectivity index (χ0v) is 16.9. The van der Waals surface area contributed by atoms with Gasteiger partial charge >= 0.3 is 11.9 Å². The SMILES string of the molecule is O=C(O)CCN(C1(C(=O)O)CCCC1)S(=O)(=O)c1ccc(-c2ccc(F)cc2)cc1. The third-order valence-electron chi connectivity index (χ3n) is 5.45. The van der Waals surface area contributed by atoms with Gasteiger partial charge in [0.15, 0.2) is 0 Å². The Bertz CT molecular complexity index is 1030. The van der Waals surface area contributed by atoms with Crippen LogP contribution in [0.3, 0.4) is 0 Å². The monoisotopic (exact) mass is 435 g/mol. The molecule has 2 aromatic rings. The van der Waals surface area contributed by atoms with E-state index >= 15 is 0 Å². The molecular weight excluding hydrogens is 413 g/mol. The summed E-state index contributed by atoms with van der Waals surface area (Å²) >= 11 is 0. The number of hydrogen-bond acceptors (Lipinski definition) is 4. The van der Waals surface area contributed by atoms with Gasteiger partial charge in [0, 0.05) is 6.54 Å². The van der Waals surface area contributed by atoms with Crippen molar-refractivity contribution in [3.8, 4) is 11.1 Å². The van der Waals surface area contributed by atoms with E-state index in [1.165, 1.54) is 24.3 Å². The molecule has 3 rings (SSSR count). The summed E-state index contributed by atoms with van der Waals surface area (Å²) in [6.45, 7) is -0.427. The molecule has 1 saturated carbocycles. The van der Waals surface area contributed by atoms with E-state index in [1.807, 2.05) is 0 Å². The maximum absolute atomic E-state index is 13.4. The van der Waals surface area contributed by atoms with Gasteiger partial charge < -0.3 is 10.2 Å². The van der Waals surface area contributed by atoms with Crippen molar-refractivity contribution in [2.45, 2.75) is 42.5 Å². The summed E-state index contributed by atoms with van der Waals surface area (Å²) in [4.78, 5) is 23.0. The number of carbonyl (C=O) groups is 2. The van der Waals surface area contributed by atoms with Gasteiger partial charge in [-0.05, 0) is 48.2 Å². The molecule has 30 heavy (non-hydrogen) atoms. The van der Waals surface area contributed by atoms with Crippen molar-refractivity contribution < 1.29 is 32.6 Å². The maximum atomic E-state index is 13.4. The topological polar surface area (TPSA) is 112 Å². The number of halogens is 1. The summed E-state index contributed by atoms with van der Waals surface area (Å²) in [6, 6.07) is 11.5. The van der Waals surface area contributed by atoms with E-state index in [0.29, 0.717) is 24.0 Å². The molecule has 2 aromatic carbocycles. The van der Waals surface area contributed by atoms with Crippen molar-refractivity contribution in [3.63, 3.8) is 0 Å². The molecule has 0 radical (unpaired) electrons. The largest absolute Gasteiger partial charge is 0.481 e. The van der Waals surface area contributed by atoms with E-state index in [2.05, 4.69) is 0 Å². The molecule has 0 aromatic heterocycles. The van der Waals surface area contributed by atoms with E-state index in [1.54, 1.807) is 24.3 Å². The van der Waals surface area contributed by atoms with Crippen LogP contribution in [-0.4, -0.2) is 47.0 Å². The van der Waals surface area contributed by atoms with Gasteiger partial charge in [-0.1, -0.05) is 37.1 Å². The van der Waals surface area contributed by atoms with Crippen LogP contribution in [0, 0.1) is 5.82 Å². The van der Waals surface area contributed by atoms with E-state index in [0.717, 1.165) is 4.31 Å². The summed E-state index contributed by atoms with van der Waals surface area (Å²) in [5.74, 6) is -2.86. The highest BCUT2D eigenvalue weighted by molar-refractivity contribution is 7.89. The molecule has 0 spiro atoms. The molecule has 2 N–H and O–H groups in total. The second-order valence-electron chi connectivity index (χ2n) is 7.30. The van der Waals surface area contributed by atoms with Crippen molar-refractivity contribution in [1.29, 1.82) is 0 Å². The van der Waals surface area contributed by atoms with Crippen LogP contribution in [0.5, 0.6) is 0 Å². The zero-order chi connectivity index (χ0) is 21.9. The Hall–Kier alpha value is -2.78. The first-order valence-corrected chi connectivity index (χ1v) is 10.9. The molecule has 0 bridgehead atoms. The quantitative estimate of drug-likeness (QED) is 0.658. The highest BCUT2D eigenvalue weighted by atomic mass is 32.2. The van der Waals surface area contributed by atoms with Crippen molar-refractivity contribution in [3.05, 3.63) is 54.3 Å². The van der Waals surface area contributed by atoms with Crippen molar-refractivity contribution in [2.24, 2.45) is 0 Å². The standard InChI is InChI=1S/C21H22FNO6S/c22-17-7-3-15(4-8-17)16-5-9-18(10-6-16)30(28,29)23(14-11-19(24)25)21(20(26)27)12-1-2-13-21/h3-10H,1-2,11-14H2,(H,24,25)(H,26,27). The minimum absolute atomic E-state index is 0.119. The van der Waals surface area contributed by atoms with E-state index in [4.69, 9.17) is 5.11 Å². The predicted octanol–water partition coefficient (Wildman–Crippen LogP) is 3.36. The Morgan fingerprint density at radius 3 is 1.90 bits per heavy atom. The van der Waals surface area contributed by atoms with Gasteiger partial charge in [0.05, 0.1) is 11.3 Å². The molecule has 7 nitrogen and oxygen atoms in total. The Morgan fingerprint density at radius 1 is 0.933 bits per heavy atom. The Kier molecular flexibility index (Phi) is 6.23. The smallest absolute Gasteiger partial charge is 0.325 e. The van der Waals surface area contributed by atoms with Gasteiger partial charge in [-0.3, -0.25) is 9.59 Å². The fraction of sp³-hybridized carbons (Fsp3) is 0.333. The number of rotatable bonds is 8. The van der Waals surface area contributed by atoms with Gasteiger partial charge in [0.1, 0.15) is 11.4 Å². The molecule has 1 aliphatic rings. The molecule has 1 aliphatic carbocycles. The highest BCUT2D eigenvalue weighted by Crippen LogP contribution is 2.39. The highest BCUT2D eigenvalue weighted by Gasteiger charge is 2.51. The van der Waals surface area contributed by atoms with Crippen molar-refractivity contribution >= 4 is 22.0 Å². The molecule has 0 heterocycles. The lowest BCUT2D eigenvalue weighted by Crippen LogP contribution is -2.55. The lowest BCUT2D eigenvalue weighted by molar-refractivity contribution is -0.149. The first-order chi connectivity index (χ1) is 14.2. The van der Waals surface area contributed by atoms with Crippen LogP contribution in [-0.2, 0) is 19.6 Å². The third-order valence-corrected chi connectivity index (χ3v) is 7.44. The van der Waals surface area contributed by atoms with Crippen LogP contribution >= 0.6 is 0 Å². The van der Waals surface area contributed by atoms with E-state index in [9.17, 15) is 27.5 Å². The predicted molar refractivity (Wildman–Crippen MR) is 107 cm³/mol. The second kappa shape index (κ2) is 8.53. The fourth-order valence-corrected chi connectivity index (χ4v) is 5.67. The third kappa shape index (κ3) is 4.22. The number of sulfonamides is 1. The minimum atomic E-state index is -4.26. The fourth-order valence-electron chi connectivity index (χ4n) is 3.88. The number of aliphatic carboxylic acids is 2. The molecular formula is C21H22FNO6S. The van der Waals surface area contributed by atoms with E-state index < -0.39 is 40.5 Å². The average Bonchev–Trinajstić information content (AvgIpc) is 3.19. The summed E-state index contributed by atoms with van der Waals surface area (Å²) in [5.41, 5.74) is -0.287. The number of carboxylic acid groups (broad SMARTS) is 2. The molecule has 160 valence electrons. The van der Waals surface area contributed by atoms with Crippen molar-refractivity contribution in [1.82, 2.24) is 4.31 Å². The van der Waals surface area contributed by atoms with Gasteiger partial charge in [-0.15, -0.1) is 0 Å². The molecule has 1 fully saturated rings. The molecule has 9 heteroatoms. The summed E-state index contributed by atoms with van der Waals surface area (Å²) in [6.07, 6.45) is 0.870.